The third kappa shape index (κ3) is 1.03. The zero-order chi connectivity index (χ0) is 5.82. The molecule has 0 aliphatic rings. The van der Waals surface area contributed by atoms with E-state index in [4.69, 9.17) is 0 Å². The van der Waals surface area contributed by atoms with Crippen LogP contribution >= 0.6 is 0 Å². The monoisotopic (exact) mass is 103 g/mol. The van der Waals surface area contributed by atoms with Gasteiger partial charge in [-0.3, -0.25) is 0 Å². The number of rotatable bonds is 1. The first-order valence-corrected chi connectivity index (χ1v) is 2.46. The van der Waals surface area contributed by atoms with Crippen molar-refractivity contribution >= 4 is 13.0 Å². The Balaban J connectivity index is 2.99. The molecule has 0 aliphatic heterocycles. The predicted molar refractivity (Wildman–Crippen MR) is 35.7 cm³/mol. The summed E-state index contributed by atoms with van der Waals surface area (Å²) in [6, 6.07) is 0. The van der Waals surface area contributed by atoms with Crippen molar-refractivity contribution in [3.63, 3.8) is 0 Å². The Morgan fingerprint density at radius 1 is 1.75 bits per heavy atom. The van der Waals surface area contributed by atoms with Crippen molar-refractivity contribution in [3.05, 3.63) is 30.4 Å². The predicted octanol–water partition coefficient (Wildman–Crippen LogP) is 1.06. The second-order valence-electron chi connectivity index (χ2n) is 1.49. The summed E-state index contributed by atoms with van der Waals surface area (Å²) < 4.78 is 0. The van der Waals surface area contributed by atoms with Gasteiger partial charge >= 0.3 is 48.4 Å². The van der Waals surface area contributed by atoms with Crippen molar-refractivity contribution in [1.29, 1.82) is 0 Å². The molecule has 8 heavy (non-hydrogen) atoms. The van der Waals surface area contributed by atoms with Crippen LogP contribution in [0.1, 0.15) is 5.46 Å². The molecule has 0 unspecified atom stereocenters. The average Bonchev–Trinajstić information content (AvgIpc) is 1.90. The normalized spacial score (nSPS) is 8.00. The van der Waals surface area contributed by atoms with Gasteiger partial charge in [0, 0.05) is 0 Å². The summed E-state index contributed by atoms with van der Waals surface area (Å²) in [6.45, 7) is 5.55. The minimum atomic E-state index is 1.06. The van der Waals surface area contributed by atoms with Gasteiger partial charge in [-0.05, 0) is 0 Å². The molecule has 0 bridgehead atoms. The molecular weight excluding hydrogens is 96.9 g/mol. The maximum atomic E-state index is 3.88. The zero-order valence-electron chi connectivity index (χ0n) is 4.54. The van der Waals surface area contributed by atoms with Gasteiger partial charge in [-0.25, -0.2) is 0 Å². The summed E-state index contributed by atoms with van der Waals surface area (Å²) in [6.07, 6.45) is 5.28. The molecule has 0 atom stereocenters. The fourth-order valence-corrected chi connectivity index (χ4v) is 0.497. The van der Waals surface area contributed by atoms with Gasteiger partial charge in [0.2, 0.25) is 0 Å². The Hall–Kier alpha value is -0.915. The van der Waals surface area contributed by atoms with Crippen molar-refractivity contribution in [2.45, 2.75) is 0 Å². The molecule has 0 spiro atoms. The van der Waals surface area contributed by atoms with Gasteiger partial charge in [0.25, 0.3) is 0 Å². The van der Waals surface area contributed by atoms with Crippen LogP contribution in [0, 0.1) is 0 Å². The number of hydrogen-bond acceptors (Lipinski definition) is 1. The summed E-state index contributed by atoms with van der Waals surface area (Å²) in [5, 5.41) is 0. The third-order valence-corrected chi connectivity index (χ3v) is 0.920. The van der Waals surface area contributed by atoms with Gasteiger partial charge in [-0.15, -0.1) is 0 Å². The average molecular weight is 103 g/mol. The molecule has 1 aromatic rings. The third-order valence-electron chi connectivity index (χ3n) is 0.920. The second-order valence-corrected chi connectivity index (χ2v) is 1.49. The Labute approximate surface area is 49.3 Å². The Morgan fingerprint density at radius 2 is 2.62 bits per heavy atom. The van der Waals surface area contributed by atoms with Crippen molar-refractivity contribution in [2.75, 3.05) is 0 Å². The molecule has 1 aromatic heterocycles. The van der Waals surface area contributed by atoms with Crippen LogP contribution in [0.2, 0.25) is 0 Å². The Bertz CT molecular complexity index is 171. The van der Waals surface area contributed by atoms with Crippen molar-refractivity contribution in [3.8, 4) is 0 Å². The van der Waals surface area contributed by atoms with Crippen molar-refractivity contribution in [1.82, 2.24) is 4.98 Å². The molecule has 38 valence electrons. The minimum absolute atomic E-state index is 1.06. The summed E-state index contributed by atoms with van der Waals surface area (Å²) in [4.78, 5) is 3.88. The second kappa shape index (κ2) is 2.41. The van der Waals surface area contributed by atoms with E-state index < -0.39 is 0 Å². The molecule has 0 N–H and O–H groups in total. The van der Waals surface area contributed by atoms with Crippen LogP contribution in [0.5, 0.6) is 0 Å². The van der Waals surface area contributed by atoms with E-state index in [0.717, 1.165) is 5.46 Å². The van der Waals surface area contributed by atoms with Gasteiger partial charge in [0.05, 0.1) is 0 Å². The molecule has 0 saturated carbocycles. The van der Waals surface area contributed by atoms with Gasteiger partial charge in [0.15, 0.2) is 0 Å². The van der Waals surface area contributed by atoms with Gasteiger partial charge in [-0.1, -0.05) is 0 Å². The fraction of sp³-hybridized carbons (Fsp3) is 0. The van der Waals surface area contributed by atoms with E-state index in [9.17, 15) is 0 Å². The van der Waals surface area contributed by atoms with Crippen LogP contribution in [-0.2, 0) is 0 Å². The van der Waals surface area contributed by atoms with E-state index >= 15 is 0 Å². The summed E-state index contributed by atoms with van der Waals surface area (Å²) in [7, 11) is 0. The first kappa shape index (κ1) is 5.23. The first-order valence-electron chi connectivity index (χ1n) is 2.46. The number of hydrogen-bond donors (Lipinski definition) is 0. The maximum absolute atomic E-state index is 3.88. The molecule has 0 saturated heterocycles. The van der Waals surface area contributed by atoms with E-state index in [1.165, 1.54) is 0 Å². The molecule has 0 aliphatic carbocycles. The Morgan fingerprint density at radius 3 is 3.00 bits per heavy atom. The summed E-state index contributed by atoms with van der Waals surface area (Å²) in [5.41, 5.74) is 1.06. The molecule has 0 aromatic carbocycles. The van der Waals surface area contributed by atoms with Crippen LogP contribution in [-0.4, -0.2) is 11.9 Å². The van der Waals surface area contributed by atoms with Crippen LogP contribution in [0.4, 0.5) is 0 Å². The number of nitrogens with zero attached hydrogens (tertiary/aromatic N) is 1. The molecule has 0 amide bonds. The molecule has 1 nitrogen and oxygen atoms in total. The van der Waals surface area contributed by atoms with E-state index in [0.29, 0.717) is 0 Å². The van der Waals surface area contributed by atoms with Crippen LogP contribution < -0.4 is 0 Å². The quantitative estimate of drug-likeness (QED) is 0.517. The molecule has 2 heteroatoms. The fourth-order valence-electron chi connectivity index (χ4n) is 0.497. The van der Waals surface area contributed by atoms with E-state index in [1.807, 2.05) is 12.9 Å². The van der Waals surface area contributed by atoms with E-state index in [-0.39, 0.29) is 0 Å². The topological polar surface area (TPSA) is 12.9 Å². The molecule has 1 rings (SSSR count). The Kier molecular flexibility index (Phi) is 1.57. The van der Waals surface area contributed by atoms with Gasteiger partial charge in [-0.2, -0.15) is 0 Å². The van der Waals surface area contributed by atoms with Crippen molar-refractivity contribution in [2.24, 2.45) is 0 Å². The van der Waals surface area contributed by atoms with Crippen LogP contribution in [0.3, 0.4) is 0 Å². The first-order chi connectivity index (χ1) is 3.93. The van der Waals surface area contributed by atoms with Gasteiger partial charge < -0.3 is 0 Å². The van der Waals surface area contributed by atoms with Crippen LogP contribution in [0.15, 0.2) is 24.9 Å². The zero-order valence-corrected chi connectivity index (χ0v) is 4.54. The van der Waals surface area contributed by atoms with Gasteiger partial charge in [0.1, 0.15) is 0 Å². The van der Waals surface area contributed by atoms with E-state index in [2.05, 4.69) is 11.6 Å². The van der Waals surface area contributed by atoms with Crippen LogP contribution in [0.25, 0.3) is 6.08 Å². The number of aromatic nitrogens is 1. The molecular formula is C6H6BN. The molecule has 0 fully saturated rings. The van der Waals surface area contributed by atoms with Crippen molar-refractivity contribution < 1.29 is 0 Å². The van der Waals surface area contributed by atoms with E-state index in [1.54, 1.807) is 18.5 Å². The molecule has 0 radical (unpaired) electrons. The SMILES string of the molecule is C=Cc1bccnc1. The summed E-state index contributed by atoms with van der Waals surface area (Å²) >= 11 is 0. The standard InChI is InChI=1S/C6H6BN/c1-2-6-5-8-4-3-7-6/h2-5H,1H2. The molecule has 1 heterocycles. The summed E-state index contributed by atoms with van der Waals surface area (Å²) in [5.74, 6) is 1.89.